The number of amides is 9. The van der Waals surface area contributed by atoms with Gasteiger partial charge in [-0.2, -0.15) is 4.98 Å². The van der Waals surface area contributed by atoms with E-state index in [1.165, 1.54) is 55.1 Å². The van der Waals surface area contributed by atoms with Gasteiger partial charge in [-0.15, -0.1) is 0 Å². The largest absolute Gasteiger partial charge is 0.508 e. The first-order valence-corrected chi connectivity index (χ1v) is 43.3. The van der Waals surface area contributed by atoms with Gasteiger partial charge in [0, 0.05) is 74.1 Å². The highest BCUT2D eigenvalue weighted by atomic mass is 35.5. The van der Waals surface area contributed by atoms with Crippen molar-refractivity contribution in [2.75, 3.05) is 65.0 Å². The number of aliphatic hydroxyl groups is 6. The maximum absolute atomic E-state index is 16.4. The Balaban J connectivity index is 0.928. The summed E-state index contributed by atoms with van der Waals surface area (Å²) < 4.78 is 46.2. The maximum Gasteiger partial charge on any atom is 0.349 e. The number of phenols is 3. The van der Waals surface area contributed by atoms with Crippen molar-refractivity contribution in [1.29, 1.82) is 0 Å². The first-order chi connectivity index (χ1) is 62.8. The molecule has 0 aliphatic carbocycles. The molecule has 11 bridgehead atoms. The molecule has 15 rings (SSSR count). The molecule has 45 heteroatoms. The highest BCUT2D eigenvalue weighted by Crippen LogP contribution is 2.50. The number of primary amides is 1. The number of likely N-dealkylation sites (N-methyl/N-ethyl adjacent to an activating group) is 1. The summed E-state index contributed by atoms with van der Waals surface area (Å²) in [6.45, 7) is 7.61. The average molecular weight is 1910 g/mol. The minimum Gasteiger partial charge on any atom is -0.508 e. The number of nitrogens with two attached hydrogens (primary N) is 1. The second kappa shape index (κ2) is 42.6. The van der Waals surface area contributed by atoms with Crippen LogP contribution in [0.1, 0.15) is 111 Å². The van der Waals surface area contributed by atoms with Gasteiger partial charge in [0.05, 0.1) is 71.2 Å². The van der Waals surface area contributed by atoms with Crippen LogP contribution in [0.2, 0.25) is 20.1 Å². The predicted octanol–water partition coefficient (Wildman–Crippen LogP) is 2.25. The summed E-state index contributed by atoms with van der Waals surface area (Å²) in [5.74, 6) is -16.2. The second-order valence-corrected chi connectivity index (χ2v) is 34.4. The van der Waals surface area contributed by atoms with E-state index in [0.717, 1.165) is 66.7 Å². The topological polar surface area (TPSA) is 594 Å². The third kappa shape index (κ3) is 22.9. The molecule has 41 nitrogen and oxygen atoms in total. The minimum atomic E-state index is -2.40. The number of hydroxylamine groups is 1. The van der Waals surface area contributed by atoms with Crippen molar-refractivity contribution in [1.82, 2.24) is 62.5 Å². The van der Waals surface area contributed by atoms with Gasteiger partial charge in [-0.3, -0.25) is 57.5 Å². The zero-order chi connectivity index (χ0) is 95.0. The Morgan fingerprint density at radius 1 is 0.705 bits per heavy atom. The summed E-state index contributed by atoms with van der Waals surface area (Å²) in [6, 6.07) is 5.70. The minimum absolute atomic E-state index is 0.0466. The lowest BCUT2D eigenvalue weighted by Crippen LogP contribution is -2.65. The van der Waals surface area contributed by atoms with Gasteiger partial charge >= 0.3 is 5.69 Å². The van der Waals surface area contributed by atoms with E-state index in [-0.39, 0.29) is 78.3 Å². The van der Waals surface area contributed by atoms with Crippen LogP contribution >= 0.6 is 46.4 Å². The van der Waals surface area contributed by atoms with Crippen LogP contribution in [0.15, 0.2) is 120 Å². The highest BCUT2D eigenvalue weighted by molar-refractivity contribution is 6.42. The monoisotopic (exact) mass is 1910 g/mol. The number of ether oxygens (including phenoxy) is 7. The van der Waals surface area contributed by atoms with E-state index in [1.807, 2.05) is 18.7 Å². The van der Waals surface area contributed by atoms with Crippen molar-refractivity contribution in [3.05, 3.63) is 179 Å². The number of phenolic OH excluding ortho intramolecular Hbond substituents is 3. The quantitative estimate of drug-likeness (QED) is 0.0234. The number of anilines is 1. The molecule has 9 heterocycles. The number of carbonyl (C=O) groups excluding carboxylic acids is 9. The van der Waals surface area contributed by atoms with Crippen LogP contribution in [0.25, 0.3) is 17.2 Å². The van der Waals surface area contributed by atoms with Gasteiger partial charge in [0.1, 0.15) is 101 Å². The Bertz CT molecular complexity index is 5620. The molecule has 6 aromatic carbocycles. The first kappa shape index (κ1) is 98.1. The molecule has 7 aromatic rings. The lowest BCUT2D eigenvalue weighted by atomic mass is 9.85. The fourth-order valence-corrected chi connectivity index (χ4v) is 16.7. The molecule has 132 heavy (non-hydrogen) atoms. The van der Waals surface area contributed by atoms with Crippen LogP contribution in [0.5, 0.6) is 46.0 Å². The average Bonchev–Trinajstić information content (AvgIpc) is 0.762. The van der Waals surface area contributed by atoms with Crippen LogP contribution in [0.3, 0.4) is 0 Å². The molecular weight excluding hydrogens is 1810 g/mol. The molecule has 16 unspecified atom stereocenters. The standard InChI is InChI=1S/C87H98Cl4N14O27/c1-38(2)26-52(93-5)78(117)101-69-71(112)42-9-13-56(50(90)29-42)128-58-31-44-32-59(75(58)132-85-76(74(115)73(114)60(37-106)130-85)131-64-36-87(4,77(116)39(3)127-64)94-17-19-105-18-16-62(97-86(105)124)96-63(111)15-7-40-6-11-48(88)49(89)27-40)129-57-14-10-43(30-51(57)91)72(113)70-83(122)100-68(84(123)103-126-25-22-104-20-23-125-24-21-104)47-33-45(107)34-55(109)65(47)46-28-41(8-12-54(46)108)66(80(119)102-70)99-81(120)67(44)98-79(118)53(35-61(92)110)95-82(69)121/h6-16,18,27-34,38-39,52-53,60,64,66-74,76-77,85,93-94,106-109,112-116H,17,19-26,35-37H2,1-5H3,(H2,92,110)(H,95,121)(H,98,118)(H,99,120)(H,100,122)(H,101,117)(H,102,119)(H,103,123)(H,96,97,111,124)/b15-7+/t39?,52?,53?,60?,64?,66?,67?,68-,69?,70?,71?,72?,73?,74?,76?,77?,85?,87-/m1/s1. The summed E-state index contributed by atoms with van der Waals surface area (Å²) >= 11 is 26.6. The van der Waals surface area contributed by atoms with E-state index in [4.69, 9.17) is 90.1 Å². The zero-order valence-electron chi connectivity index (χ0n) is 71.2. The maximum atomic E-state index is 16.4. The number of halogens is 4. The van der Waals surface area contributed by atoms with E-state index in [9.17, 15) is 69.9 Å². The van der Waals surface area contributed by atoms with Crippen LogP contribution in [-0.2, 0) is 73.5 Å². The van der Waals surface area contributed by atoms with Gasteiger partial charge < -0.3 is 133 Å². The summed E-state index contributed by atoms with van der Waals surface area (Å²) in [4.78, 5) is 159. The Morgan fingerprint density at radius 2 is 1.37 bits per heavy atom. The van der Waals surface area contributed by atoms with Crippen LogP contribution in [-0.4, -0.2) is 252 Å². The molecule has 3 fully saturated rings. The molecular formula is C87H98Cl4N14O27. The number of rotatable bonds is 24. The van der Waals surface area contributed by atoms with Crippen LogP contribution in [0, 0.1) is 5.92 Å². The molecule has 706 valence electrons. The Morgan fingerprint density at radius 3 is 2.02 bits per heavy atom. The molecule has 1 aromatic heterocycles. The number of nitrogens with one attached hydrogen (secondary N) is 10. The highest BCUT2D eigenvalue weighted by Gasteiger charge is 2.52. The normalized spacial score (nSPS) is 26.1. The molecule has 9 amide bonds. The van der Waals surface area contributed by atoms with Crippen LogP contribution in [0.4, 0.5) is 5.82 Å². The molecule has 0 saturated carbocycles. The van der Waals surface area contributed by atoms with E-state index in [1.54, 1.807) is 25.1 Å². The van der Waals surface area contributed by atoms with Gasteiger partial charge in [0.15, 0.2) is 23.9 Å². The molecule has 0 radical (unpaired) electrons. The zero-order valence-corrected chi connectivity index (χ0v) is 74.3. The van der Waals surface area contributed by atoms with Crippen molar-refractivity contribution in [2.24, 2.45) is 11.7 Å². The number of aromatic nitrogens is 2. The number of nitrogens with zero attached hydrogens (tertiary/aromatic N) is 3. The number of aliphatic hydroxyl groups excluding tert-OH is 6. The smallest absolute Gasteiger partial charge is 0.349 e. The summed E-state index contributed by atoms with van der Waals surface area (Å²) in [5, 5.41) is 131. The van der Waals surface area contributed by atoms with Crippen molar-refractivity contribution >= 4 is 111 Å². The van der Waals surface area contributed by atoms with Gasteiger partial charge in [-0.05, 0) is 145 Å². The van der Waals surface area contributed by atoms with Crippen molar-refractivity contribution in [3.63, 3.8) is 0 Å². The Labute approximate surface area is 772 Å². The third-order valence-corrected chi connectivity index (χ3v) is 24.2. The van der Waals surface area contributed by atoms with Gasteiger partial charge in [0.25, 0.3) is 5.91 Å². The first-order valence-electron chi connectivity index (χ1n) is 41.8. The molecule has 8 aliphatic rings. The van der Waals surface area contributed by atoms with Gasteiger partial charge in [-0.25, -0.2) is 10.3 Å². The van der Waals surface area contributed by atoms with E-state index < -0.39 is 254 Å². The number of carbonyl (C=O) groups is 9. The summed E-state index contributed by atoms with van der Waals surface area (Å²) in [5.41, 5.74) is 3.80. The van der Waals surface area contributed by atoms with Crippen molar-refractivity contribution in [3.8, 4) is 57.1 Å². The predicted molar refractivity (Wildman–Crippen MR) is 469 cm³/mol. The van der Waals surface area contributed by atoms with E-state index in [0.29, 0.717) is 36.9 Å². The van der Waals surface area contributed by atoms with E-state index >= 15 is 24.0 Å². The third-order valence-electron chi connectivity index (χ3n) is 22.9. The summed E-state index contributed by atoms with van der Waals surface area (Å²) in [7, 11) is 1.47. The fourth-order valence-electron chi connectivity index (χ4n) is 15.9. The van der Waals surface area contributed by atoms with E-state index in [2.05, 4.69) is 58.3 Å². The number of hydrogen-bond acceptors (Lipinski definition) is 31. The van der Waals surface area contributed by atoms with Gasteiger partial charge in [-0.1, -0.05) is 84.5 Å². The molecule has 0 spiro atoms. The van der Waals surface area contributed by atoms with Gasteiger partial charge in [0.2, 0.25) is 59.3 Å². The lowest BCUT2D eigenvalue weighted by Gasteiger charge is -2.48. The molecule has 18 atom stereocenters. The molecule has 8 aliphatic heterocycles. The van der Waals surface area contributed by atoms with Crippen molar-refractivity contribution in [2.45, 2.75) is 163 Å². The molecule has 3 saturated heterocycles. The van der Waals surface area contributed by atoms with Crippen LogP contribution < -0.4 is 79.0 Å². The number of hydrogen-bond donors (Lipinski definition) is 20. The number of aromatic hydroxyl groups is 3. The van der Waals surface area contributed by atoms with Crippen molar-refractivity contribution < 1.29 is 127 Å². The summed E-state index contributed by atoms with van der Waals surface area (Å²) in [6.07, 6.45) is -15.6. The second-order valence-electron chi connectivity index (χ2n) is 32.8. The number of benzene rings is 6. The molecule has 21 N–H and O–H groups in total. The SMILES string of the molecule is CNC(CC(C)C)C(=O)NC1C(=O)NC(CC(N)=O)C(=O)NC2C(=O)NC3C(=O)NC(C(=O)N[C@@H](C(=O)NOCCN4CCOCC4)c4cc(O)cc(O)c4-c4cc3ccc4O)C(O)c3ccc(c(Cl)c3)Oc3cc2cc(c3OC2OC(CO)C(O)C(O)C2OC2C[C@@](C)(NCCn3ccc(NC(=O)/C=C/c4ccc(Cl)c(Cl)c4)nc3=O)C(O)C(C)O2)Oc2ccc(cc2Cl)C1O. The number of fused-ring (bicyclic) bond motifs is 15. The Kier molecular flexibility index (Phi) is 31.7. The fraction of sp³-hybridized carbons (Fsp3) is 0.414. The Hall–Kier alpha value is -11.4. The lowest BCUT2D eigenvalue weighted by molar-refractivity contribution is -0.334. The number of morpholine rings is 1.